The van der Waals surface area contributed by atoms with Gasteiger partial charge in [-0.25, -0.2) is 13.1 Å². The molecular formula is C31H32N2O6S. The molecule has 3 N–H and O–H groups in total. The van der Waals surface area contributed by atoms with E-state index in [0.29, 0.717) is 34.3 Å². The summed E-state index contributed by atoms with van der Waals surface area (Å²) < 4.78 is 33.2. The van der Waals surface area contributed by atoms with Crippen LogP contribution in [0.1, 0.15) is 35.2 Å². The number of hydrogen-bond acceptors (Lipinski definition) is 7. The zero-order valence-corrected chi connectivity index (χ0v) is 23.1. The van der Waals surface area contributed by atoms with E-state index in [9.17, 15) is 23.4 Å². The summed E-state index contributed by atoms with van der Waals surface area (Å²) in [7, 11) is -2.49. The fourth-order valence-corrected chi connectivity index (χ4v) is 5.88. The van der Waals surface area contributed by atoms with Crippen LogP contribution in [0.5, 0.6) is 17.2 Å². The van der Waals surface area contributed by atoms with Gasteiger partial charge in [-0.05, 0) is 110 Å². The van der Waals surface area contributed by atoms with Crippen molar-refractivity contribution < 1.29 is 28.2 Å². The number of benzene rings is 4. The summed E-state index contributed by atoms with van der Waals surface area (Å²) in [6, 6.07) is 18.9. The number of hydrogen-bond donors (Lipinski definition) is 3. The van der Waals surface area contributed by atoms with Crippen LogP contribution in [0.25, 0.3) is 21.9 Å². The van der Waals surface area contributed by atoms with Crippen molar-refractivity contribution in [3.8, 4) is 28.4 Å². The average molecular weight is 561 g/mol. The second kappa shape index (κ2) is 11.7. The van der Waals surface area contributed by atoms with E-state index in [4.69, 9.17) is 4.74 Å². The van der Waals surface area contributed by atoms with Gasteiger partial charge >= 0.3 is 0 Å². The van der Waals surface area contributed by atoms with E-state index in [0.717, 1.165) is 19.6 Å². The Hall–Kier alpha value is -3.92. The van der Waals surface area contributed by atoms with Gasteiger partial charge in [-0.3, -0.25) is 9.69 Å². The first kappa shape index (κ1) is 27.6. The molecule has 0 radical (unpaired) electrons. The van der Waals surface area contributed by atoms with Crippen LogP contribution in [0.3, 0.4) is 0 Å². The number of fused-ring (bicyclic) bond motifs is 1. The van der Waals surface area contributed by atoms with Crippen LogP contribution in [0.15, 0.2) is 77.7 Å². The molecule has 0 amide bonds. The molecule has 8 nitrogen and oxygen atoms in total. The lowest BCUT2D eigenvalue weighted by molar-refractivity contribution is 0.104. The maximum absolute atomic E-state index is 14.0. The highest BCUT2D eigenvalue weighted by Crippen LogP contribution is 2.38. The summed E-state index contributed by atoms with van der Waals surface area (Å²) in [5.74, 6) is 0.237. The van der Waals surface area contributed by atoms with Crippen molar-refractivity contribution in [1.29, 1.82) is 0 Å². The number of phenols is 2. The van der Waals surface area contributed by atoms with Gasteiger partial charge in [-0.1, -0.05) is 18.6 Å². The minimum atomic E-state index is -3.79. The summed E-state index contributed by atoms with van der Waals surface area (Å²) in [4.78, 5) is 16.4. The molecule has 4 aromatic carbocycles. The molecule has 1 aliphatic heterocycles. The Morgan fingerprint density at radius 2 is 1.65 bits per heavy atom. The van der Waals surface area contributed by atoms with Crippen molar-refractivity contribution in [2.45, 2.75) is 24.2 Å². The van der Waals surface area contributed by atoms with Crippen LogP contribution in [0.2, 0.25) is 0 Å². The third-order valence-corrected chi connectivity index (χ3v) is 8.72. The Kier molecular flexibility index (Phi) is 8.07. The number of nitrogens with one attached hydrogen (secondary N) is 1. The Bertz CT molecular complexity index is 1650. The molecule has 1 aliphatic rings. The molecule has 0 aromatic heterocycles. The van der Waals surface area contributed by atoms with Gasteiger partial charge in [0.05, 0.1) is 4.90 Å². The number of nitrogens with zero attached hydrogens (tertiary/aromatic N) is 1. The Labute approximate surface area is 233 Å². The number of carbonyl (C=O) groups is 1. The lowest BCUT2D eigenvalue weighted by atomic mass is 9.89. The Morgan fingerprint density at radius 1 is 0.900 bits per heavy atom. The van der Waals surface area contributed by atoms with Crippen LogP contribution in [-0.4, -0.2) is 62.6 Å². The number of rotatable bonds is 9. The molecule has 1 heterocycles. The number of likely N-dealkylation sites (tertiary alicyclic amines) is 1. The van der Waals surface area contributed by atoms with E-state index in [2.05, 4.69) is 9.62 Å². The van der Waals surface area contributed by atoms with E-state index in [-0.39, 0.29) is 33.3 Å². The maximum Gasteiger partial charge on any atom is 0.240 e. The van der Waals surface area contributed by atoms with Crippen molar-refractivity contribution in [3.05, 3.63) is 83.9 Å². The molecule has 208 valence electrons. The molecule has 0 spiro atoms. The monoisotopic (exact) mass is 560 g/mol. The quantitative estimate of drug-likeness (QED) is 0.249. The van der Waals surface area contributed by atoms with Crippen molar-refractivity contribution in [1.82, 2.24) is 9.62 Å². The molecule has 4 aromatic rings. The summed E-state index contributed by atoms with van der Waals surface area (Å²) >= 11 is 0. The number of piperidine rings is 1. The van der Waals surface area contributed by atoms with Gasteiger partial charge in [-0.2, -0.15) is 0 Å². The zero-order valence-electron chi connectivity index (χ0n) is 22.3. The fraction of sp³-hybridized carbons (Fsp3) is 0.258. The third-order valence-electron chi connectivity index (χ3n) is 7.31. The van der Waals surface area contributed by atoms with Crippen LogP contribution >= 0.6 is 0 Å². The summed E-state index contributed by atoms with van der Waals surface area (Å²) in [6.45, 7) is 3.62. The Balaban J connectivity index is 1.50. The molecule has 0 aliphatic carbocycles. The molecule has 0 unspecified atom stereocenters. The van der Waals surface area contributed by atoms with Gasteiger partial charge < -0.3 is 14.9 Å². The number of ketones is 1. The van der Waals surface area contributed by atoms with Gasteiger partial charge in [0.2, 0.25) is 10.0 Å². The van der Waals surface area contributed by atoms with E-state index >= 15 is 0 Å². The summed E-state index contributed by atoms with van der Waals surface area (Å²) in [5, 5.41) is 22.0. The van der Waals surface area contributed by atoms with Gasteiger partial charge in [-0.15, -0.1) is 0 Å². The smallest absolute Gasteiger partial charge is 0.240 e. The topological polar surface area (TPSA) is 116 Å². The SMILES string of the molecule is CNS(=O)(=O)c1ccc(O)c(-c2ccc3cc(O)ccc3c2C(=O)c2ccc(OCCN3CCCCC3)cc2)c1. The third kappa shape index (κ3) is 5.82. The van der Waals surface area contributed by atoms with Crippen LogP contribution < -0.4 is 9.46 Å². The number of ether oxygens (including phenoxy) is 1. The van der Waals surface area contributed by atoms with Gasteiger partial charge in [0, 0.05) is 23.2 Å². The first-order valence-corrected chi connectivity index (χ1v) is 14.8. The summed E-state index contributed by atoms with van der Waals surface area (Å²) in [5.41, 5.74) is 1.26. The highest BCUT2D eigenvalue weighted by atomic mass is 32.2. The molecular weight excluding hydrogens is 528 g/mol. The second-order valence-electron chi connectivity index (χ2n) is 9.88. The molecule has 0 bridgehead atoms. The molecule has 0 saturated carbocycles. The highest BCUT2D eigenvalue weighted by Gasteiger charge is 2.22. The maximum atomic E-state index is 14.0. The molecule has 1 saturated heterocycles. The predicted molar refractivity (Wildman–Crippen MR) is 155 cm³/mol. The lowest BCUT2D eigenvalue weighted by Crippen LogP contribution is -2.33. The first-order chi connectivity index (χ1) is 19.3. The van der Waals surface area contributed by atoms with Gasteiger partial charge in [0.1, 0.15) is 23.9 Å². The number of aromatic hydroxyl groups is 2. The minimum Gasteiger partial charge on any atom is -0.508 e. The molecule has 0 atom stereocenters. The lowest BCUT2D eigenvalue weighted by Gasteiger charge is -2.26. The van der Waals surface area contributed by atoms with E-state index < -0.39 is 10.0 Å². The summed E-state index contributed by atoms with van der Waals surface area (Å²) in [6.07, 6.45) is 3.73. The number of carbonyl (C=O) groups excluding carboxylic acids is 1. The second-order valence-corrected chi connectivity index (χ2v) is 11.8. The Morgan fingerprint density at radius 3 is 2.38 bits per heavy atom. The van der Waals surface area contributed by atoms with Crippen LogP contribution in [0, 0.1) is 0 Å². The van der Waals surface area contributed by atoms with Crippen molar-refractivity contribution in [3.63, 3.8) is 0 Å². The highest BCUT2D eigenvalue weighted by molar-refractivity contribution is 7.89. The molecule has 1 fully saturated rings. The van der Waals surface area contributed by atoms with Crippen molar-refractivity contribution in [2.75, 3.05) is 33.3 Å². The van der Waals surface area contributed by atoms with E-state index in [1.807, 2.05) is 0 Å². The largest absolute Gasteiger partial charge is 0.508 e. The number of phenolic OH excluding ortho intramolecular Hbond substituents is 2. The number of sulfonamides is 1. The normalized spacial score (nSPS) is 14.3. The average Bonchev–Trinajstić information content (AvgIpc) is 2.97. The molecule has 40 heavy (non-hydrogen) atoms. The van der Waals surface area contributed by atoms with Crippen molar-refractivity contribution >= 4 is 26.6 Å². The van der Waals surface area contributed by atoms with Gasteiger partial charge in [0.15, 0.2) is 5.78 Å². The van der Waals surface area contributed by atoms with Crippen LogP contribution in [0.4, 0.5) is 0 Å². The fourth-order valence-electron chi connectivity index (χ4n) is 5.12. The molecule has 5 rings (SSSR count). The van der Waals surface area contributed by atoms with E-state index in [1.54, 1.807) is 48.5 Å². The van der Waals surface area contributed by atoms with E-state index in [1.165, 1.54) is 50.6 Å². The predicted octanol–water partition coefficient (Wildman–Crippen LogP) is 4.92. The molecule has 9 heteroatoms. The standard InChI is InChI=1S/C31H32N2O6S/c1-32-40(37,38)25-11-14-29(35)28(20-25)27-12-7-22-19-23(34)8-13-26(22)30(27)31(36)21-5-9-24(10-6-21)39-18-17-33-15-3-2-4-16-33/h5-14,19-20,32,34-35H,2-4,15-18H2,1H3. The van der Waals surface area contributed by atoms with Gasteiger partial charge in [0.25, 0.3) is 0 Å². The van der Waals surface area contributed by atoms with Crippen LogP contribution in [-0.2, 0) is 10.0 Å². The minimum absolute atomic E-state index is 0.0435. The van der Waals surface area contributed by atoms with Crippen molar-refractivity contribution in [2.24, 2.45) is 0 Å². The zero-order chi connectivity index (χ0) is 28.3. The first-order valence-electron chi connectivity index (χ1n) is 13.3.